The van der Waals surface area contributed by atoms with Crippen LogP contribution < -0.4 is 0 Å². The predicted molar refractivity (Wildman–Crippen MR) is 238 cm³/mol. The Labute approximate surface area is 325 Å². The molecule has 1 heteroatoms. The van der Waals surface area contributed by atoms with Crippen molar-refractivity contribution in [2.45, 2.75) is 150 Å². The highest BCUT2D eigenvalue weighted by atomic mass is 28.3. The van der Waals surface area contributed by atoms with Crippen LogP contribution in [-0.4, -0.2) is 8.07 Å². The molecule has 0 saturated heterocycles. The van der Waals surface area contributed by atoms with E-state index in [1.165, 1.54) is 66.8 Å². The Morgan fingerprint density at radius 3 is 1.21 bits per heavy atom. The van der Waals surface area contributed by atoms with Crippen molar-refractivity contribution in [3.8, 4) is 22.3 Å². The lowest BCUT2D eigenvalue weighted by molar-refractivity contribution is 0.568. The van der Waals surface area contributed by atoms with E-state index in [9.17, 15) is 0 Å². The van der Waals surface area contributed by atoms with Crippen LogP contribution in [0.1, 0.15) is 159 Å². The summed E-state index contributed by atoms with van der Waals surface area (Å²) in [5.41, 5.74) is 21.5. The fourth-order valence-electron chi connectivity index (χ4n) is 9.26. The normalized spacial score (nSPS) is 17.9. The Morgan fingerprint density at radius 2 is 0.849 bits per heavy atom. The van der Waals surface area contributed by atoms with Crippen molar-refractivity contribution in [1.82, 2.24) is 0 Å². The van der Waals surface area contributed by atoms with Crippen LogP contribution in [0, 0.1) is 5.92 Å². The minimum atomic E-state index is -2.08. The van der Waals surface area contributed by atoms with Gasteiger partial charge in [-0.2, -0.15) is 0 Å². The molecule has 0 saturated carbocycles. The van der Waals surface area contributed by atoms with Gasteiger partial charge in [0.2, 0.25) is 0 Å². The third kappa shape index (κ3) is 7.25. The average Bonchev–Trinajstić information content (AvgIpc) is 3.61. The van der Waals surface area contributed by atoms with Gasteiger partial charge in [0.1, 0.15) is 0 Å². The van der Waals surface area contributed by atoms with Crippen LogP contribution in [0.4, 0.5) is 0 Å². The van der Waals surface area contributed by atoms with E-state index in [1.54, 1.807) is 11.1 Å². The van der Waals surface area contributed by atoms with Crippen LogP contribution in [0.25, 0.3) is 34.4 Å². The molecular formula is C52H68Si. The van der Waals surface area contributed by atoms with Gasteiger partial charge in [0.15, 0.2) is 0 Å². The second-order valence-corrected chi connectivity index (χ2v) is 26.4. The highest BCUT2D eigenvalue weighted by molar-refractivity contribution is 6.81. The van der Waals surface area contributed by atoms with Gasteiger partial charge in [0.05, 0.1) is 8.07 Å². The number of hydrogen-bond donors (Lipinski definition) is 0. The molecule has 0 heterocycles. The zero-order valence-electron chi connectivity index (χ0n) is 36.3. The van der Waals surface area contributed by atoms with Crippen LogP contribution in [0.5, 0.6) is 0 Å². The van der Waals surface area contributed by atoms with E-state index < -0.39 is 8.07 Å². The fraction of sp³-hybridized carbons (Fsp3) is 0.462. The molecule has 0 fully saturated rings. The molecule has 0 N–H and O–H groups in total. The van der Waals surface area contributed by atoms with Crippen LogP contribution in [-0.2, 0) is 21.7 Å². The zero-order valence-corrected chi connectivity index (χ0v) is 37.3. The van der Waals surface area contributed by atoms with Gasteiger partial charge in [-0.05, 0) is 101 Å². The van der Waals surface area contributed by atoms with Crippen LogP contribution in [0.15, 0.2) is 83.9 Å². The summed E-state index contributed by atoms with van der Waals surface area (Å²) in [6.07, 6.45) is 5.17. The van der Waals surface area contributed by atoms with Gasteiger partial charge in [-0.25, -0.2) is 0 Å². The molecule has 0 nitrogen and oxygen atoms in total. The Hall–Kier alpha value is -3.42. The molecule has 0 spiro atoms. The van der Waals surface area contributed by atoms with E-state index in [4.69, 9.17) is 0 Å². The molecule has 0 aromatic heterocycles. The largest absolute Gasteiger partial charge is 0.0722 e. The third-order valence-corrected chi connectivity index (χ3v) is 16.9. The van der Waals surface area contributed by atoms with Crippen LogP contribution in [0.2, 0.25) is 13.1 Å². The molecule has 0 bridgehead atoms. The molecule has 280 valence electrons. The Bertz CT molecular complexity index is 2050. The van der Waals surface area contributed by atoms with Gasteiger partial charge in [0, 0.05) is 11.1 Å². The van der Waals surface area contributed by atoms with Gasteiger partial charge < -0.3 is 0 Å². The van der Waals surface area contributed by atoms with Crippen molar-refractivity contribution in [2.24, 2.45) is 5.92 Å². The lowest BCUT2D eigenvalue weighted by Gasteiger charge is -2.40. The molecule has 0 aliphatic heterocycles. The first-order valence-electron chi connectivity index (χ1n) is 20.3. The van der Waals surface area contributed by atoms with Gasteiger partial charge >= 0.3 is 0 Å². The van der Waals surface area contributed by atoms with Crippen LogP contribution in [0.3, 0.4) is 0 Å². The van der Waals surface area contributed by atoms with E-state index in [0.717, 1.165) is 0 Å². The van der Waals surface area contributed by atoms with Crippen molar-refractivity contribution in [2.75, 3.05) is 0 Å². The topological polar surface area (TPSA) is 0 Å². The summed E-state index contributed by atoms with van der Waals surface area (Å²) in [5, 5.41) is 0. The number of rotatable bonds is 5. The van der Waals surface area contributed by atoms with Crippen molar-refractivity contribution in [1.29, 1.82) is 0 Å². The molecule has 2 aliphatic rings. The Kier molecular flexibility index (Phi) is 9.72. The molecule has 2 atom stereocenters. The van der Waals surface area contributed by atoms with Crippen molar-refractivity contribution in [3.63, 3.8) is 0 Å². The number of fused-ring (bicyclic) bond motifs is 2. The number of benzene rings is 4. The second kappa shape index (κ2) is 13.1. The fourth-order valence-corrected chi connectivity index (χ4v) is 14.2. The molecular weight excluding hydrogens is 653 g/mol. The van der Waals surface area contributed by atoms with Crippen molar-refractivity contribution in [3.05, 3.63) is 128 Å². The standard InChI is InChI=1S/C52H68Si/c1-32(2)44-31-46-41(35-27-38(51(10,11)12)30-39(28-35)52(13,14)15)21-19-23-43(46)48(44)53(16,17)47-33(3)24-45-40(20-18-22-42(45)47)34-25-36(49(4,5)6)29-37(26-34)50(7,8)9/h18-32,47-48H,1-17H3. The van der Waals surface area contributed by atoms with Gasteiger partial charge in [-0.15, -0.1) is 0 Å². The quantitative estimate of drug-likeness (QED) is 0.180. The van der Waals surface area contributed by atoms with E-state index in [1.807, 2.05) is 0 Å². The molecule has 2 aliphatic carbocycles. The maximum Gasteiger partial charge on any atom is 0.0722 e. The van der Waals surface area contributed by atoms with Gasteiger partial charge in [-0.3, -0.25) is 0 Å². The second-order valence-electron chi connectivity index (χ2n) is 21.6. The minimum Gasteiger partial charge on any atom is -0.0679 e. The Balaban J connectivity index is 1.50. The summed E-state index contributed by atoms with van der Waals surface area (Å²) in [6, 6.07) is 29.2. The van der Waals surface area contributed by atoms with Gasteiger partial charge in [-0.1, -0.05) is 206 Å². The molecule has 6 rings (SSSR count). The lowest BCUT2D eigenvalue weighted by Crippen LogP contribution is -2.43. The highest BCUT2D eigenvalue weighted by Gasteiger charge is 2.48. The predicted octanol–water partition coefficient (Wildman–Crippen LogP) is 15.3. The minimum absolute atomic E-state index is 0.0747. The van der Waals surface area contributed by atoms with E-state index >= 15 is 0 Å². The van der Waals surface area contributed by atoms with Crippen molar-refractivity contribution < 1.29 is 0 Å². The third-order valence-electron chi connectivity index (χ3n) is 12.5. The Morgan fingerprint density at radius 1 is 0.491 bits per heavy atom. The molecule has 4 aromatic carbocycles. The zero-order chi connectivity index (χ0) is 39.2. The maximum absolute atomic E-state index is 2.69. The number of hydrogen-bond acceptors (Lipinski definition) is 0. The molecule has 53 heavy (non-hydrogen) atoms. The highest BCUT2D eigenvalue weighted by Crippen LogP contribution is 2.56. The average molecular weight is 721 g/mol. The summed E-state index contributed by atoms with van der Waals surface area (Å²) in [7, 11) is -2.08. The smallest absolute Gasteiger partial charge is 0.0679 e. The maximum atomic E-state index is 2.69. The summed E-state index contributed by atoms with van der Waals surface area (Å²) in [6.45, 7) is 40.8. The van der Waals surface area contributed by atoms with E-state index in [-0.39, 0.29) is 21.7 Å². The molecule has 2 unspecified atom stereocenters. The van der Waals surface area contributed by atoms with Crippen LogP contribution >= 0.6 is 0 Å². The summed E-state index contributed by atoms with van der Waals surface area (Å²) >= 11 is 0. The van der Waals surface area contributed by atoms with Gasteiger partial charge in [0.25, 0.3) is 0 Å². The number of allylic oxidation sites excluding steroid dienone is 2. The van der Waals surface area contributed by atoms with E-state index in [2.05, 4.69) is 202 Å². The monoisotopic (exact) mass is 721 g/mol. The molecule has 0 radical (unpaired) electrons. The summed E-state index contributed by atoms with van der Waals surface area (Å²) in [5.74, 6) is 0.477. The first kappa shape index (κ1) is 39.3. The first-order chi connectivity index (χ1) is 24.3. The molecule has 4 aromatic rings. The van der Waals surface area contributed by atoms with E-state index in [0.29, 0.717) is 17.0 Å². The SMILES string of the molecule is CC1=Cc2c(-c3cc(C(C)(C)C)cc(C(C)(C)C)c3)cccc2C1[Si](C)(C)C1C(C(C)C)=Cc2c(-c3cc(C(C)(C)C)cc(C(C)(C)C)c3)cccc21. The van der Waals surface area contributed by atoms with Crippen molar-refractivity contribution >= 4 is 20.2 Å². The first-order valence-corrected chi connectivity index (χ1v) is 23.4. The summed E-state index contributed by atoms with van der Waals surface area (Å²) in [4.78, 5) is 0. The molecule has 0 amide bonds. The lowest BCUT2D eigenvalue weighted by atomic mass is 9.78. The summed E-state index contributed by atoms with van der Waals surface area (Å²) < 4.78 is 0.